The predicted molar refractivity (Wildman–Crippen MR) is 116 cm³/mol. The van der Waals surface area contributed by atoms with Gasteiger partial charge in [0.05, 0.1) is 17.4 Å². The van der Waals surface area contributed by atoms with Crippen LogP contribution in [0.2, 0.25) is 0 Å². The minimum absolute atomic E-state index is 0.0341. The Kier molecular flexibility index (Phi) is 5.25. The van der Waals surface area contributed by atoms with Gasteiger partial charge in [0.25, 0.3) is 0 Å². The molecule has 3 aromatic rings. The number of aromatic nitrogens is 2. The maximum absolute atomic E-state index is 13.6. The zero-order valence-corrected chi connectivity index (χ0v) is 17.7. The molecule has 5 rings (SSSR count). The highest BCUT2D eigenvalue weighted by Gasteiger charge is 2.40. The van der Waals surface area contributed by atoms with Crippen LogP contribution in [0.1, 0.15) is 42.6 Å². The Balaban J connectivity index is 1.49. The molecule has 2 atom stereocenters. The lowest BCUT2D eigenvalue weighted by atomic mass is 9.98. The van der Waals surface area contributed by atoms with Gasteiger partial charge >= 0.3 is 0 Å². The van der Waals surface area contributed by atoms with Gasteiger partial charge in [0.2, 0.25) is 0 Å². The molecule has 2 unspecified atom stereocenters. The summed E-state index contributed by atoms with van der Waals surface area (Å²) in [5, 5.41) is 15.4. The molecule has 0 spiro atoms. The van der Waals surface area contributed by atoms with E-state index in [1.54, 1.807) is 0 Å². The summed E-state index contributed by atoms with van der Waals surface area (Å²) in [5.41, 5.74) is 7.35. The highest BCUT2D eigenvalue weighted by atomic mass is 19.1. The smallest absolute Gasteiger partial charge is 0.163 e. The number of halogens is 1. The number of hydrazine groups is 1. The van der Waals surface area contributed by atoms with Crippen molar-refractivity contribution in [2.24, 2.45) is 10.3 Å². The Morgan fingerprint density at radius 3 is 2.58 bits per heavy atom. The van der Waals surface area contributed by atoms with Crippen LogP contribution in [0.4, 0.5) is 4.39 Å². The minimum Gasteiger partial charge on any atom is -0.287 e. The third-order valence-electron chi connectivity index (χ3n) is 5.95. The molecule has 0 radical (unpaired) electrons. The van der Waals surface area contributed by atoms with Crippen molar-refractivity contribution >= 4 is 0 Å². The SMILES string of the molecule is CC(C)c1nn(-c2ccccc2)cc1CN1CCN2NN=NC2C1c1ccc(F)cc1. The molecule has 1 aromatic heterocycles. The Morgan fingerprint density at radius 1 is 1.06 bits per heavy atom. The molecule has 0 amide bonds. The van der Waals surface area contributed by atoms with Crippen molar-refractivity contribution in [1.82, 2.24) is 25.2 Å². The molecule has 0 saturated carbocycles. The number of hydrogen-bond donors (Lipinski definition) is 1. The summed E-state index contributed by atoms with van der Waals surface area (Å²) in [6.07, 6.45) is 1.98. The van der Waals surface area contributed by atoms with E-state index in [0.29, 0.717) is 5.92 Å². The minimum atomic E-state index is -0.236. The molecule has 1 fully saturated rings. The van der Waals surface area contributed by atoms with Crippen molar-refractivity contribution in [2.75, 3.05) is 13.1 Å². The van der Waals surface area contributed by atoms with Gasteiger partial charge in [0.15, 0.2) is 6.17 Å². The summed E-state index contributed by atoms with van der Waals surface area (Å²) in [5.74, 6) is 0.0683. The highest BCUT2D eigenvalue weighted by Crippen LogP contribution is 2.35. The van der Waals surface area contributed by atoms with E-state index in [-0.39, 0.29) is 18.0 Å². The Labute approximate surface area is 181 Å². The van der Waals surface area contributed by atoms with Gasteiger partial charge in [-0.15, -0.1) is 5.11 Å². The zero-order valence-electron chi connectivity index (χ0n) is 17.7. The third-order valence-corrected chi connectivity index (χ3v) is 5.95. The second kappa shape index (κ2) is 8.20. The summed E-state index contributed by atoms with van der Waals surface area (Å²) >= 11 is 0. The molecule has 1 saturated heterocycles. The van der Waals surface area contributed by atoms with Crippen molar-refractivity contribution in [2.45, 2.75) is 38.5 Å². The molecular formula is C23H26FN7. The fourth-order valence-corrected chi connectivity index (χ4v) is 4.43. The van der Waals surface area contributed by atoms with Gasteiger partial charge in [-0.1, -0.05) is 49.4 Å². The van der Waals surface area contributed by atoms with Crippen LogP contribution in [0.25, 0.3) is 5.69 Å². The van der Waals surface area contributed by atoms with Crippen LogP contribution in [0.5, 0.6) is 0 Å². The summed E-state index contributed by atoms with van der Waals surface area (Å²) in [4.78, 5) is 2.40. The second-order valence-corrected chi connectivity index (χ2v) is 8.36. The molecule has 2 aromatic carbocycles. The van der Waals surface area contributed by atoms with Crippen LogP contribution in [0.15, 0.2) is 71.1 Å². The maximum Gasteiger partial charge on any atom is 0.163 e. The first kappa shape index (κ1) is 19.8. The first-order chi connectivity index (χ1) is 15.1. The number of fused-ring (bicyclic) bond motifs is 1. The fraction of sp³-hybridized carbons (Fsp3) is 0.348. The van der Waals surface area contributed by atoms with E-state index >= 15 is 0 Å². The van der Waals surface area contributed by atoms with Gasteiger partial charge in [-0.05, 0) is 35.7 Å². The number of piperazine rings is 1. The maximum atomic E-state index is 13.6. The second-order valence-electron chi connectivity index (χ2n) is 8.36. The zero-order chi connectivity index (χ0) is 21.4. The average molecular weight is 420 g/mol. The van der Waals surface area contributed by atoms with E-state index in [2.05, 4.69) is 52.9 Å². The summed E-state index contributed by atoms with van der Waals surface area (Å²) in [6.45, 7) is 6.73. The quantitative estimate of drug-likeness (QED) is 0.673. The van der Waals surface area contributed by atoms with Crippen molar-refractivity contribution < 1.29 is 4.39 Å². The third kappa shape index (κ3) is 3.84. The van der Waals surface area contributed by atoms with Gasteiger partial charge < -0.3 is 0 Å². The summed E-state index contributed by atoms with van der Waals surface area (Å²) in [6, 6.07) is 16.9. The van der Waals surface area contributed by atoms with Gasteiger partial charge in [-0.25, -0.2) is 14.6 Å². The van der Waals surface area contributed by atoms with Crippen LogP contribution < -0.4 is 5.53 Å². The monoisotopic (exact) mass is 419 g/mol. The number of hydrogen-bond acceptors (Lipinski definition) is 6. The van der Waals surface area contributed by atoms with E-state index < -0.39 is 0 Å². The van der Waals surface area contributed by atoms with Crippen LogP contribution in [-0.2, 0) is 6.54 Å². The number of para-hydroxylation sites is 1. The molecule has 8 heteroatoms. The summed E-state index contributed by atoms with van der Waals surface area (Å²) < 4.78 is 15.5. The van der Waals surface area contributed by atoms with Crippen LogP contribution >= 0.6 is 0 Å². The Hall–Kier alpha value is -3.10. The fourth-order valence-electron chi connectivity index (χ4n) is 4.43. The number of rotatable bonds is 5. The molecular weight excluding hydrogens is 393 g/mol. The number of nitrogens with zero attached hydrogens (tertiary/aromatic N) is 6. The Bertz CT molecular complexity index is 1060. The van der Waals surface area contributed by atoms with Crippen LogP contribution in [0.3, 0.4) is 0 Å². The van der Waals surface area contributed by atoms with E-state index in [4.69, 9.17) is 5.10 Å². The van der Waals surface area contributed by atoms with Crippen molar-refractivity contribution in [3.05, 3.63) is 83.4 Å². The lowest BCUT2D eigenvalue weighted by molar-refractivity contribution is 0.00747. The average Bonchev–Trinajstić information content (AvgIpc) is 3.42. The number of benzene rings is 2. The predicted octanol–water partition coefficient (Wildman–Crippen LogP) is 4.21. The van der Waals surface area contributed by atoms with Crippen LogP contribution in [0, 0.1) is 5.82 Å². The van der Waals surface area contributed by atoms with Gasteiger partial charge in [0, 0.05) is 31.4 Å². The number of nitrogens with one attached hydrogen (secondary N) is 1. The molecule has 3 heterocycles. The molecule has 2 aliphatic heterocycles. The standard InChI is InChI=1S/C23H26FN7/c1-16(2)21-18(15-31(26-21)20-6-4-3-5-7-20)14-29-12-13-30-23(25-27-28-30)22(29)17-8-10-19(24)11-9-17/h3-11,15-16,22-23H,12-14H2,1-2H3,(H,25,28). The largest absolute Gasteiger partial charge is 0.287 e. The molecule has 0 bridgehead atoms. The molecule has 1 N–H and O–H groups in total. The van der Waals surface area contributed by atoms with Crippen molar-refractivity contribution in [3.63, 3.8) is 0 Å². The molecule has 7 nitrogen and oxygen atoms in total. The first-order valence-electron chi connectivity index (χ1n) is 10.7. The molecule has 2 aliphatic rings. The van der Waals surface area contributed by atoms with Crippen molar-refractivity contribution in [1.29, 1.82) is 0 Å². The molecule has 31 heavy (non-hydrogen) atoms. The normalized spacial score (nSPS) is 21.4. The van der Waals surface area contributed by atoms with Gasteiger partial charge in [-0.2, -0.15) is 10.1 Å². The van der Waals surface area contributed by atoms with E-state index in [9.17, 15) is 4.39 Å². The lowest BCUT2D eigenvalue weighted by Crippen LogP contribution is -2.54. The van der Waals surface area contributed by atoms with E-state index in [0.717, 1.165) is 36.6 Å². The van der Waals surface area contributed by atoms with Gasteiger partial charge in [-0.3, -0.25) is 4.90 Å². The molecule has 0 aliphatic carbocycles. The van der Waals surface area contributed by atoms with Crippen molar-refractivity contribution in [3.8, 4) is 5.69 Å². The lowest BCUT2D eigenvalue weighted by Gasteiger charge is -2.42. The first-order valence-corrected chi connectivity index (χ1v) is 10.7. The van der Waals surface area contributed by atoms with E-state index in [1.807, 2.05) is 40.0 Å². The van der Waals surface area contributed by atoms with E-state index in [1.165, 1.54) is 17.7 Å². The van der Waals surface area contributed by atoms with Gasteiger partial charge in [0.1, 0.15) is 5.82 Å². The summed E-state index contributed by atoms with van der Waals surface area (Å²) in [7, 11) is 0. The topological polar surface area (TPSA) is 61.1 Å². The van der Waals surface area contributed by atoms with Crippen LogP contribution in [-0.4, -0.2) is 38.9 Å². The highest BCUT2D eigenvalue weighted by molar-refractivity contribution is 5.34. The molecule has 160 valence electrons. The Morgan fingerprint density at radius 2 is 1.84 bits per heavy atom.